The zero-order valence-electron chi connectivity index (χ0n) is 15.2. The summed E-state index contributed by atoms with van der Waals surface area (Å²) in [6.45, 7) is 0.326. The lowest BCUT2D eigenvalue weighted by Gasteiger charge is -2.09. The number of nitrogens with two attached hydrogens (primary N) is 2. The lowest BCUT2D eigenvalue weighted by molar-refractivity contribution is 0.0949. The smallest absolute Gasteiger partial charge is 0.271 e. The maximum atomic E-state index is 12.3. The topological polar surface area (TPSA) is 124 Å². The van der Waals surface area contributed by atoms with E-state index in [2.05, 4.69) is 15.3 Å². The minimum Gasteiger partial charge on any atom is -0.382 e. The molecule has 5 N–H and O–H groups in total. The highest BCUT2D eigenvalue weighted by Gasteiger charge is 2.11. The number of hydrogen-bond donors (Lipinski definition) is 3. The van der Waals surface area contributed by atoms with E-state index in [0.717, 1.165) is 11.1 Å². The molecule has 3 rings (SSSR count). The number of aromatic nitrogens is 2. The van der Waals surface area contributed by atoms with Crippen LogP contribution in [0.1, 0.15) is 37.7 Å². The Morgan fingerprint density at radius 3 is 2.52 bits per heavy atom. The van der Waals surface area contributed by atoms with E-state index in [-0.39, 0.29) is 17.4 Å². The summed E-state index contributed by atoms with van der Waals surface area (Å²) in [7, 11) is 0. The number of primary amides is 1. The van der Waals surface area contributed by atoms with Gasteiger partial charge in [-0.2, -0.15) is 0 Å². The molecule has 0 saturated carbocycles. The van der Waals surface area contributed by atoms with Crippen LogP contribution in [0.2, 0.25) is 10.0 Å². The van der Waals surface area contributed by atoms with E-state index >= 15 is 0 Å². The summed E-state index contributed by atoms with van der Waals surface area (Å²) in [5.41, 5.74) is 13.6. The van der Waals surface area contributed by atoms with Gasteiger partial charge < -0.3 is 16.8 Å². The molecule has 29 heavy (non-hydrogen) atoms. The number of rotatable bonds is 6. The Bertz CT molecular complexity index is 1090. The van der Waals surface area contributed by atoms with Crippen LogP contribution in [0.15, 0.2) is 48.7 Å². The quantitative estimate of drug-likeness (QED) is 0.555. The average molecular weight is 430 g/mol. The average Bonchev–Trinajstić information content (AvgIpc) is 2.70. The highest BCUT2D eigenvalue weighted by Crippen LogP contribution is 2.22. The first-order chi connectivity index (χ1) is 13.8. The third-order valence-electron chi connectivity index (χ3n) is 4.10. The molecule has 0 aliphatic heterocycles. The van der Waals surface area contributed by atoms with Gasteiger partial charge in [0.25, 0.3) is 11.8 Å². The molecule has 0 radical (unpaired) electrons. The molecule has 0 aliphatic carbocycles. The number of amides is 2. The summed E-state index contributed by atoms with van der Waals surface area (Å²) < 4.78 is 0. The molecule has 148 valence electrons. The largest absolute Gasteiger partial charge is 0.382 e. The maximum Gasteiger partial charge on any atom is 0.271 e. The Hall–Kier alpha value is -3.16. The van der Waals surface area contributed by atoms with E-state index in [9.17, 15) is 9.59 Å². The molecule has 0 atom stereocenters. The van der Waals surface area contributed by atoms with Crippen LogP contribution in [0, 0.1) is 0 Å². The molecule has 7 nitrogen and oxygen atoms in total. The fourth-order valence-corrected chi connectivity index (χ4v) is 2.98. The van der Waals surface area contributed by atoms with Crippen LogP contribution in [-0.2, 0) is 13.0 Å². The Labute approximate surface area is 177 Å². The van der Waals surface area contributed by atoms with E-state index in [0.29, 0.717) is 34.3 Å². The van der Waals surface area contributed by atoms with E-state index in [4.69, 9.17) is 34.7 Å². The van der Waals surface area contributed by atoms with Crippen LogP contribution in [0.4, 0.5) is 5.82 Å². The minimum absolute atomic E-state index is 0.0000148. The van der Waals surface area contributed by atoms with Gasteiger partial charge in [-0.15, -0.1) is 0 Å². The highest BCUT2D eigenvalue weighted by molar-refractivity contribution is 6.42. The molecule has 0 unspecified atom stereocenters. The van der Waals surface area contributed by atoms with Crippen molar-refractivity contribution in [1.29, 1.82) is 0 Å². The van der Waals surface area contributed by atoms with Crippen molar-refractivity contribution < 1.29 is 9.59 Å². The number of nitrogens with zero attached hydrogens (tertiary/aromatic N) is 2. The Morgan fingerprint density at radius 1 is 1.03 bits per heavy atom. The molecule has 2 aromatic carbocycles. The van der Waals surface area contributed by atoms with Crippen molar-refractivity contribution >= 4 is 40.8 Å². The molecule has 0 saturated heterocycles. The predicted molar refractivity (Wildman–Crippen MR) is 112 cm³/mol. The molecule has 0 bridgehead atoms. The number of carbonyl (C=O) groups excluding carboxylic acids is 2. The maximum absolute atomic E-state index is 12.3. The van der Waals surface area contributed by atoms with Crippen molar-refractivity contribution in [3.63, 3.8) is 0 Å². The molecule has 1 aromatic heterocycles. The van der Waals surface area contributed by atoms with Gasteiger partial charge in [0, 0.05) is 18.5 Å². The minimum atomic E-state index is -0.726. The summed E-state index contributed by atoms with van der Waals surface area (Å²) >= 11 is 11.8. The molecule has 3 aromatic rings. The first kappa shape index (κ1) is 20.6. The molecule has 2 amide bonds. The lowest BCUT2D eigenvalue weighted by Crippen LogP contribution is -2.22. The second kappa shape index (κ2) is 8.89. The van der Waals surface area contributed by atoms with Gasteiger partial charge in [-0.05, 0) is 29.3 Å². The SMILES string of the molecule is NC(=O)c1nc(Cc2cccc(CNC(=O)c3ccc(Cl)c(Cl)c3)c2)cnc1N. The molecular formula is C20H17Cl2N5O2. The number of carbonyl (C=O) groups is 2. The third kappa shape index (κ3) is 5.22. The van der Waals surface area contributed by atoms with Gasteiger partial charge in [-0.1, -0.05) is 47.5 Å². The van der Waals surface area contributed by atoms with E-state index < -0.39 is 5.91 Å². The van der Waals surface area contributed by atoms with Gasteiger partial charge in [-0.3, -0.25) is 9.59 Å². The van der Waals surface area contributed by atoms with Crippen molar-refractivity contribution in [2.24, 2.45) is 5.73 Å². The normalized spacial score (nSPS) is 10.6. The summed E-state index contributed by atoms with van der Waals surface area (Å²) in [4.78, 5) is 31.8. The van der Waals surface area contributed by atoms with Gasteiger partial charge >= 0.3 is 0 Å². The molecular weight excluding hydrogens is 413 g/mol. The van der Waals surface area contributed by atoms with Crippen LogP contribution < -0.4 is 16.8 Å². The number of benzene rings is 2. The van der Waals surface area contributed by atoms with Crippen LogP contribution in [0.5, 0.6) is 0 Å². The van der Waals surface area contributed by atoms with E-state index in [1.165, 1.54) is 12.3 Å². The third-order valence-corrected chi connectivity index (χ3v) is 4.83. The van der Waals surface area contributed by atoms with Crippen LogP contribution in [0.3, 0.4) is 0 Å². The number of nitrogens with one attached hydrogen (secondary N) is 1. The number of hydrogen-bond acceptors (Lipinski definition) is 5. The Kier molecular flexibility index (Phi) is 6.31. The fourth-order valence-electron chi connectivity index (χ4n) is 2.68. The second-order valence-corrected chi connectivity index (χ2v) is 7.08. The van der Waals surface area contributed by atoms with Crippen molar-refractivity contribution in [3.8, 4) is 0 Å². The van der Waals surface area contributed by atoms with Crippen LogP contribution in [-0.4, -0.2) is 21.8 Å². The zero-order chi connectivity index (χ0) is 21.0. The summed E-state index contributed by atoms with van der Waals surface area (Å²) in [6, 6.07) is 12.3. The second-order valence-electron chi connectivity index (χ2n) is 6.27. The van der Waals surface area contributed by atoms with Gasteiger partial charge in [0.15, 0.2) is 11.5 Å². The molecule has 1 heterocycles. The molecule has 0 aliphatic rings. The number of nitrogen functional groups attached to an aromatic ring is 1. The number of halogens is 2. The number of anilines is 1. The summed E-state index contributed by atoms with van der Waals surface area (Å²) in [6.07, 6.45) is 1.93. The standard InChI is InChI=1S/C20H17Cl2N5O2/c21-15-5-4-13(8-16(15)22)20(29)26-9-12-3-1-2-11(6-12)7-14-10-25-18(23)17(27-14)19(24)28/h1-6,8,10H,7,9H2,(H2,23,25)(H2,24,28)(H,26,29). The summed E-state index contributed by atoms with van der Waals surface area (Å²) in [5.74, 6) is -0.986. The molecule has 9 heteroatoms. The first-order valence-electron chi connectivity index (χ1n) is 8.55. The Morgan fingerprint density at radius 2 is 1.79 bits per heavy atom. The van der Waals surface area contributed by atoms with Crippen molar-refractivity contribution in [2.75, 3.05) is 5.73 Å². The first-order valence-corrected chi connectivity index (χ1v) is 9.31. The summed E-state index contributed by atoms with van der Waals surface area (Å²) in [5, 5.41) is 3.55. The monoisotopic (exact) mass is 429 g/mol. The predicted octanol–water partition coefficient (Wildman–Crippen LogP) is 2.99. The molecule has 0 spiro atoms. The highest BCUT2D eigenvalue weighted by atomic mass is 35.5. The van der Waals surface area contributed by atoms with Gasteiger partial charge in [0.2, 0.25) is 0 Å². The Balaban J connectivity index is 1.68. The van der Waals surface area contributed by atoms with Gasteiger partial charge in [0.1, 0.15) is 0 Å². The van der Waals surface area contributed by atoms with Crippen molar-refractivity contribution in [2.45, 2.75) is 13.0 Å². The van der Waals surface area contributed by atoms with Crippen molar-refractivity contribution in [1.82, 2.24) is 15.3 Å². The zero-order valence-corrected chi connectivity index (χ0v) is 16.7. The lowest BCUT2D eigenvalue weighted by atomic mass is 10.1. The molecule has 0 fully saturated rings. The van der Waals surface area contributed by atoms with Crippen molar-refractivity contribution in [3.05, 3.63) is 86.8 Å². The van der Waals surface area contributed by atoms with E-state index in [1.54, 1.807) is 12.1 Å². The van der Waals surface area contributed by atoms with E-state index in [1.807, 2.05) is 24.3 Å². The van der Waals surface area contributed by atoms with Gasteiger partial charge in [0.05, 0.1) is 21.9 Å². The fraction of sp³-hybridized carbons (Fsp3) is 0.100. The van der Waals surface area contributed by atoms with Crippen LogP contribution in [0.25, 0.3) is 0 Å². The van der Waals surface area contributed by atoms with Crippen LogP contribution >= 0.6 is 23.2 Å². The van der Waals surface area contributed by atoms with Gasteiger partial charge in [-0.25, -0.2) is 9.97 Å².